The summed E-state index contributed by atoms with van der Waals surface area (Å²) in [5.41, 5.74) is 4.15. The Bertz CT molecular complexity index is 797. The van der Waals surface area contributed by atoms with Crippen LogP contribution in [0.4, 0.5) is 0 Å². The number of aromatic amines is 1. The number of aryl methyl sites for hydroxylation is 1. The number of fused-ring (bicyclic) bond motifs is 1. The number of nitrogens with zero attached hydrogens (tertiary/aromatic N) is 3. The van der Waals surface area contributed by atoms with Gasteiger partial charge in [-0.25, -0.2) is 15.0 Å². The van der Waals surface area contributed by atoms with Gasteiger partial charge in [0.05, 0.1) is 11.0 Å². The first-order valence-corrected chi connectivity index (χ1v) is 7.88. The van der Waals surface area contributed by atoms with Crippen LogP contribution in [0.5, 0.6) is 0 Å². The number of hydrogen-bond donors (Lipinski definition) is 1. The molecule has 0 atom stereocenters. The van der Waals surface area contributed by atoms with Crippen LogP contribution in [0.15, 0.2) is 34.7 Å². The number of imidazole rings is 1. The molecular weight excluding hydrogens is 304 g/mol. The molecule has 2 aromatic heterocycles. The van der Waals surface area contributed by atoms with Gasteiger partial charge in [0, 0.05) is 5.56 Å². The molecule has 1 aromatic carbocycles. The summed E-state index contributed by atoms with van der Waals surface area (Å²) < 4.78 is 0. The van der Waals surface area contributed by atoms with Crippen LogP contribution in [-0.4, -0.2) is 19.9 Å². The van der Waals surface area contributed by atoms with Crippen molar-refractivity contribution in [1.82, 2.24) is 19.9 Å². The van der Waals surface area contributed by atoms with E-state index in [1.54, 1.807) is 0 Å². The minimum Gasteiger partial charge on any atom is -0.333 e. The van der Waals surface area contributed by atoms with Crippen molar-refractivity contribution in [1.29, 1.82) is 0 Å². The molecule has 0 aliphatic rings. The molecule has 0 saturated heterocycles. The van der Waals surface area contributed by atoms with Gasteiger partial charge >= 0.3 is 0 Å². The Morgan fingerprint density at radius 2 is 2.05 bits per heavy atom. The highest BCUT2D eigenvalue weighted by molar-refractivity contribution is 7.99. The molecule has 0 spiro atoms. The van der Waals surface area contributed by atoms with Crippen LogP contribution in [0.2, 0.25) is 5.15 Å². The van der Waals surface area contributed by atoms with E-state index in [1.165, 1.54) is 23.7 Å². The fourth-order valence-electron chi connectivity index (χ4n) is 2.17. The lowest BCUT2D eigenvalue weighted by Gasteiger charge is -2.10. The smallest absolute Gasteiger partial charge is 0.172 e. The number of nitrogens with one attached hydrogen (secondary N) is 1. The van der Waals surface area contributed by atoms with Gasteiger partial charge in [0.25, 0.3) is 0 Å². The topological polar surface area (TPSA) is 54.5 Å². The van der Waals surface area contributed by atoms with E-state index in [0.717, 1.165) is 26.8 Å². The number of benzene rings is 1. The van der Waals surface area contributed by atoms with E-state index in [-0.39, 0.29) is 5.92 Å². The van der Waals surface area contributed by atoms with Crippen molar-refractivity contribution in [2.45, 2.75) is 36.9 Å². The SMILES string of the molecule is Cc1ccc2nc(Sc3ncnc(Cl)c3C(C)C)[nH]c2c1. The van der Waals surface area contributed by atoms with E-state index >= 15 is 0 Å². The molecule has 0 aliphatic heterocycles. The standard InChI is InChI=1S/C15H15ClN4S/c1-8(2)12-13(16)17-7-18-14(12)21-15-19-10-5-4-9(3)6-11(10)20-15/h4-8H,1-3H3,(H,19,20). The number of halogens is 1. The third-order valence-electron chi connectivity index (χ3n) is 3.19. The Labute approximate surface area is 132 Å². The van der Waals surface area contributed by atoms with Crippen LogP contribution >= 0.6 is 23.4 Å². The van der Waals surface area contributed by atoms with E-state index in [2.05, 4.69) is 52.8 Å². The second kappa shape index (κ2) is 5.66. The zero-order valence-corrected chi connectivity index (χ0v) is 13.6. The van der Waals surface area contributed by atoms with Gasteiger partial charge in [-0.05, 0) is 42.3 Å². The Morgan fingerprint density at radius 3 is 2.81 bits per heavy atom. The predicted octanol–water partition coefficient (Wildman–Crippen LogP) is 4.59. The summed E-state index contributed by atoms with van der Waals surface area (Å²) in [6, 6.07) is 6.16. The predicted molar refractivity (Wildman–Crippen MR) is 86.1 cm³/mol. The lowest BCUT2D eigenvalue weighted by atomic mass is 10.1. The molecule has 2 heterocycles. The van der Waals surface area contributed by atoms with Crippen molar-refractivity contribution in [2.24, 2.45) is 0 Å². The van der Waals surface area contributed by atoms with E-state index in [0.29, 0.717) is 5.15 Å². The van der Waals surface area contributed by atoms with Crippen molar-refractivity contribution < 1.29 is 0 Å². The lowest BCUT2D eigenvalue weighted by molar-refractivity contribution is 0.801. The Morgan fingerprint density at radius 1 is 1.24 bits per heavy atom. The summed E-state index contributed by atoms with van der Waals surface area (Å²) in [5, 5.41) is 2.17. The number of H-pyrrole nitrogens is 1. The van der Waals surface area contributed by atoms with Gasteiger partial charge in [0.15, 0.2) is 5.16 Å². The molecule has 0 fully saturated rings. The fourth-order valence-corrected chi connectivity index (χ4v) is 3.60. The van der Waals surface area contributed by atoms with E-state index in [9.17, 15) is 0 Å². The first-order chi connectivity index (χ1) is 10.0. The molecule has 108 valence electrons. The molecule has 4 nitrogen and oxygen atoms in total. The van der Waals surface area contributed by atoms with E-state index in [4.69, 9.17) is 11.6 Å². The molecule has 0 amide bonds. The molecule has 0 unspecified atom stereocenters. The first-order valence-electron chi connectivity index (χ1n) is 6.69. The molecule has 3 rings (SSSR count). The molecule has 0 radical (unpaired) electrons. The van der Waals surface area contributed by atoms with E-state index < -0.39 is 0 Å². The van der Waals surface area contributed by atoms with Gasteiger partial charge in [-0.3, -0.25) is 0 Å². The number of aromatic nitrogens is 4. The second-order valence-corrected chi connectivity index (χ2v) is 6.54. The van der Waals surface area contributed by atoms with E-state index in [1.807, 2.05) is 6.07 Å². The molecule has 0 saturated carbocycles. The van der Waals surface area contributed by atoms with Crippen molar-refractivity contribution in [2.75, 3.05) is 0 Å². The van der Waals surface area contributed by atoms with Crippen molar-refractivity contribution in [3.05, 3.63) is 40.8 Å². The summed E-state index contributed by atoms with van der Waals surface area (Å²) in [5.74, 6) is 0.257. The third-order valence-corrected chi connectivity index (χ3v) is 4.39. The molecule has 0 bridgehead atoms. The van der Waals surface area contributed by atoms with Crippen LogP contribution in [0.25, 0.3) is 11.0 Å². The largest absolute Gasteiger partial charge is 0.333 e. The third kappa shape index (κ3) is 2.89. The number of rotatable bonds is 3. The van der Waals surface area contributed by atoms with Gasteiger partial charge in [0.2, 0.25) is 0 Å². The average molecular weight is 319 g/mol. The van der Waals surface area contributed by atoms with Crippen LogP contribution in [0.3, 0.4) is 0 Å². The zero-order chi connectivity index (χ0) is 15.0. The van der Waals surface area contributed by atoms with Crippen LogP contribution in [-0.2, 0) is 0 Å². The Kier molecular flexibility index (Phi) is 3.87. The van der Waals surface area contributed by atoms with Gasteiger partial charge < -0.3 is 4.98 Å². The maximum atomic E-state index is 6.20. The highest BCUT2D eigenvalue weighted by atomic mass is 35.5. The molecule has 3 aromatic rings. The quantitative estimate of drug-likeness (QED) is 0.718. The molecule has 1 N–H and O–H groups in total. The molecule has 6 heteroatoms. The minimum absolute atomic E-state index is 0.257. The Balaban J connectivity index is 2.00. The Hall–Kier alpha value is -1.59. The monoisotopic (exact) mass is 318 g/mol. The number of hydrogen-bond acceptors (Lipinski definition) is 4. The highest BCUT2D eigenvalue weighted by Gasteiger charge is 2.16. The lowest BCUT2D eigenvalue weighted by Crippen LogP contribution is -1.98. The van der Waals surface area contributed by atoms with Crippen molar-refractivity contribution in [3.8, 4) is 0 Å². The first kappa shape index (κ1) is 14.4. The van der Waals surface area contributed by atoms with Gasteiger partial charge in [-0.1, -0.05) is 31.5 Å². The average Bonchev–Trinajstić information content (AvgIpc) is 2.79. The second-order valence-electron chi connectivity index (χ2n) is 5.20. The summed E-state index contributed by atoms with van der Waals surface area (Å²) >= 11 is 7.68. The van der Waals surface area contributed by atoms with Crippen LogP contribution in [0, 0.1) is 6.92 Å². The zero-order valence-electron chi connectivity index (χ0n) is 12.0. The summed E-state index contributed by atoms with van der Waals surface area (Å²) in [6.07, 6.45) is 1.49. The highest BCUT2D eigenvalue weighted by Crippen LogP contribution is 2.34. The van der Waals surface area contributed by atoms with Crippen LogP contribution < -0.4 is 0 Å². The minimum atomic E-state index is 0.257. The molecule has 0 aliphatic carbocycles. The molecular formula is C15H15ClN4S. The normalized spacial score (nSPS) is 11.5. The molecule has 21 heavy (non-hydrogen) atoms. The van der Waals surface area contributed by atoms with Gasteiger partial charge in [-0.15, -0.1) is 0 Å². The fraction of sp³-hybridized carbons (Fsp3) is 0.267. The maximum Gasteiger partial charge on any atom is 0.172 e. The summed E-state index contributed by atoms with van der Waals surface area (Å²) in [6.45, 7) is 6.22. The van der Waals surface area contributed by atoms with Crippen LogP contribution in [0.1, 0.15) is 30.9 Å². The summed E-state index contributed by atoms with van der Waals surface area (Å²) in [4.78, 5) is 16.3. The van der Waals surface area contributed by atoms with Gasteiger partial charge in [0.1, 0.15) is 16.5 Å². The maximum absolute atomic E-state index is 6.20. The van der Waals surface area contributed by atoms with Crippen molar-refractivity contribution >= 4 is 34.4 Å². The van der Waals surface area contributed by atoms with Crippen molar-refractivity contribution in [3.63, 3.8) is 0 Å². The van der Waals surface area contributed by atoms with Gasteiger partial charge in [-0.2, -0.15) is 0 Å². The summed E-state index contributed by atoms with van der Waals surface area (Å²) in [7, 11) is 0.